The molecule has 0 aromatic carbocycles. The Labute approximate surface area is 89.9 Å². The quantitative estimate of drug-likeness (QED) is 0.562. The minimum Gasteiger partial charge on any atom is -0.480 e. The summed E-state index contributed by atoms with van der Waals surface area (Å²) < 4.78 is 0. The largest absolute Gasteiger partial charge is 0.480 e. The number of nitrogens with zero attached hydrogens (tertiary/aromatic N) is 3. The van der Waals surface area contributed by atoms with Crippen molar-refractivity contribution in [2.24, 2.45) is 0 Å². The fraction of sp³-hybridized carbons (Fsp3) is 0.500. The molecule has 16 heavy (non-hydrogen) atoms. The number of rotatable bonds is 2. The van der Waals surface area contributed by atoms with E-state index in [2.05, 4.69) is 15.2 Å². The van der Waals surface area contributed by atoms with Crippen LogP contribution in [-0.4, -0.2) is 60.9 Å². The van der Waals surface area contributed by atoms with Crippen molar-refractivity contribution in [3.8, 4) is 0 Å². The summed E-state index contributed by atoms with van der Waals surface area (Å²) in [5.41, 5.74) is 0. The highest BCUT2D eigenvalue weighted by atomic mass is 16.4. The Hall–Kier alpha value is -1.96. The SMILES string of the molecule is O=C(O)C1CC(O)CN1C(=O)c1ncn[nH]1. The summed E-state index contributed by atoms with van der Waals surface area (Å²) in [6.45, 7) is -0.00347. The molecule has 3 N–H and O–H groups in total. The second kappa shape index (κ2) is 3.89. The van der Waals surface area contributed by atoms with Gasteiger partial charge in [0.2, 0.25) is 5.82 Å². The van der Waals surface area contributed by atoms with Crippen molar-refractivity contribution < 1.29 is 19.8 Å². The maximum Gasteiger partial charge on any atom is 0.326 e. The number of aliphatic carboxylic acids is 1. The number of carbonyl (C=O) groups excluding carboxylic acids is 1. The summed E-state index contributed by atoms with van der Waals surface area (Å²) in [7, 11) is 0. The molecule has 2 unspecified atom stereocenters. The predicted molar refractivity (Wildman–Crippen MR) is 49.5 cm³/mol. The molecule has 2 rings (SSSR count). The third-order valence-corrected chi connectivity index (χ3v) is 2.44. The molecule has 2 heterocycles. The molecule has 0 bridgehead atoms. The van der Waals surface area contributed by atoms with Crippen LogP contribution < -0.4 is 0 Å². The Kier molecular flexibility index (Phi) is 2.57. The highest BCUT2D eigenvalue weighted by molar-refractivity contribution is 5.93. The Morgan fingerprint density at radius 2 is 2.31 bits per heavy atom. The maximum absolute atomic E-state index is 11.8. The van der Waals surface area contributed by atoms with Crippen LogP contribution >= 0.6 is 0 Å². The third-order valence-electron chi connectivity index (χ3n) is 2.44. The van der Waals surface area contributed by atoms with Gasteiger partial charge in [0.1, 0.15) is 12.4 Å². The van der Waals surface area contributed by atoms with Gasteiger partial charge in [0, 0.05) is 13.0 Å². The topological polar surface area (TPSA) is 119 Å². The van der Waals surface area contributed by atoms with Crippen LogP contribution in [0, 0.1) is 0 Å². The van der Waals surface area contributed by atoms with E-state index in [0.717, 1.165) is 11.2 Å². The molecule has 86 valence electrons. The minimum absolute atomic E-state index is 0.00347. The number of amides is 1. The molecule has 0 spiro atoms. The van der Waals surface area contributed by atoms with Crippen molar-refractivity contribution in [2.45, 2.75) is 18.6 Å². The van der Waals surface area contributed by atoms with Gasteiger partial charge in [-0.2, -0.15) is 5.10 Å². The van der Waals surface area contributed by atoms with E-state index >= 15 is 0 Å². The van der Waals surface area contributed by atoms with E-state index in [1.54, 1.807) is 0 Å². The average Bonchev–Trinajstić information content (AvgIpc) is 2.84. The number of aromatic nitrogens is 3. The number of carboxylic acids is 1. The van der Waals surface area contributed by atoms with Gasteiger partial charge in [0.05, 0.1) is 6.10 Å². The number of carboxylic acid groups (broad SMARTS) is 1. The number of aromatic amines is 1. The first kappa shape index (κ1) is 10.6. The molecule has 2 atom stereocenters. The van der Waals surface area contributed by atoms with Crippen LogP contribution in [0.25, 0.3) is 0 Å². The van der Waals surface area contributed by atoms with E-state index in [1.165, 1.54) is 0 Å². The number of likely N-dealkylation sites (tertiary alicyclic amines) is 1. The highest BCUT2D eigenvalue weighted by Gasteiger charge is 2.39. The van der Waals surface area contributed by atoms with Crippen molar-refractivity contribution in [3.05, 3.63) is 12.2 Å². The summed E-state index contributed by atoms with van der Waals surface area (Å²) in [6.07, 6.45) is 0.387. The lowest BCUT2D eigenvalue weighted by Gasteiger charge is -2.19. The number of hydrogen-bond donors (Lipinski definition) is 3. The first-order valence-electron chi connectivity index (χ1n) is 4.67. The van der Waals surface area contributed by atoms with Gasteiger partial charge < -0.3 is 15.1 Å². The Morgan fingerprint density at radius 3 is 2.88 bits per heavy atom. The summed E-state index contributed by atoms with van der Waals surface area (Å²) in [5.74, 6) is -1.73. The number of aliphatic hydroxyl groups is 1. The first-order chi connectivity index (χ1) is 7.59. The van der Waals surface area contributed by atoms with Gasteiger partial charge >= 0.3 is 5.97 Å². The number of β-amino-alcohol motifs (C(OH)–C–C–N with tert-alkyl or cyclic N) is 1. The van der Waals surface area contributed by atoms with E-state index < -0.39 is 24.0 Å². The standard InChI is InChI=1S/C8H10N4O4/c13-4-1-5(8(15)16)12(2-4)7(14)6-9-3-10-11-6/h3-5,13H,1-2H2,(H,15,16)(H,9,10,11). The molecule has 8 nitrogen and oxygen atoms in total. The second-order valence-electron chi connectivity index (χ2n) is 3.54. The summed E-state index contributed by atoms with van der Waals surface area (Å²) in [5, 5.41) is 24.1. The Bertz CT molecular complexity index is 404. The Balaban J connectivity index is 2.20. The lowest BCUT2D eigenvalue weighted by Crippen LogP contribution is -2.41. The molecule has 1 amide bonds. The lowest BCUT2D eigenvalue weighted by atomic mass is 10.2. The zero-order valence-electron chi connectivity index (χ0n) is 8.20. The van der Waals surface area contributed by atoms with Gasteiger partial charge in [-0.25, -0.2) is 9.78 Å². The summed E-state index contributed by atoms with van der Waals surface area (Å²) in [4.78, 5) is 27.4. The van der Waals surface area contributed by atoms with Gasteiger partial charge in [-0.05, 0) is 0 Å². The normalized spacial score (nSPS) is 24.7. The van der Waals surface area contributed by atoms with Crippen LogP contribution in [0.3, 0.4) is 0 Å². The van der Waals surface area contributed by atoms with Gasteiger partial charge in [0.15, 0.2) is 0 Å². The molecule has 1 saturated heterocycles. The average molecular weight is 226 g/mol. The number of nitrogens with one attached hydrogen (secondary N) is 1. The zero-order chi connectivity index (χ0) is 11.7. The van der Waals surface area contributed by atoms with Crippen LogP contribution in [0.15, 0.2) is 6.33 Å². The summed E-state index contributed by atoms with van der Waals surface area (Å²) in [6, 6.07) is -1.01. The molecule has 1 aliphatic heterocycles. The molecule has 0 aliphatic carbocycles. The van der Waals surface area contributed by atoms with Gasteiger partial charge in [0.25, 0.3) is 5.91 Å². The van der Waals surface area contributed by atoms with E-state index in [9.17, 15) is 14.7 Å². The monoisotopic (exact) mass is 226 g/mol. The summed E-state index contributed by atoms with van der Waals surface area (Å²) >= 11 is 0. The van der Waals surface area contributed by atoms with Crippen molar-refractivity contribution in [1.82, 2.24) is 20.1 Å². The fourth-order valence-electron chi connectivity index (χ4n) is 1.72. The fourth-order valence-corrected chi connectivity index (χ4v) is 1.72. The van der Waals surface area contributed by atoms with Crippen LogP contribution in [0.4, 0.5) is 0 Å². The number of carbonyl (C=O) groups is 2. The van der Waals surface area contributed by atoms with Crippen LogP contribution in [0.2, 0.25) is 0 Å². The van der Waals surface area contributed by atoms with Crippen LogP contribution in [0.5, 0.6) is 0 Å². The van der Waals surface area contributed by atoms with E-state index in [4.69, 9.17) is 5.11 Å². The van der Waals surface area contributed by atoms with E-state index in [0.29, 0.717) is 0 Å². The first-order valence-corrected chi connectivity index (χ1v) is 4.67. The van der Waals surface area contributed by atoms with Crippen LogP contribution in [-0.2, 0) is 4.79 Å². The number of hydrogen-bond acceptors (Lipinski definition) is 5. The van der Waals surface area contributed by atoms with Gasteiger partial charge in [-0.15, -0.1) is 0 Å². The highest BCUT2D eigenvalue weighted by Crippen LogP contribution is 2.19. The maximum atomic E-state index is 11.8. The van der Waals surface area contributed by atoms with Crippen molar-refractivity contribution in [1.29, 1.82) is 0 Å². The molecule has 1 fully saturated rings. The second-order valence-corrected chi connectivity index (χ2v) is 3.54. The van der Waals surface area contributed by atoms with E-state index in [1.807, 2.05) is 0 Å². The zero-order valence-corrected chi connectivity index (χ0v) is 8.20. The number of aliphatic hydroxyl groups excluding tert-OH is 1. The molecule has 1 aliphatic rings. The molecule has 1 aromatic heterocycles. The van der Waals surface area contributed by atoms with Gasteiger partial charge in [-0.1, -0.05) is 0 Å². The van der Waals surface area contributed by atoms with Crippen molar-refractivity contribution in [2.75, 3.05) is 6.54 Å². The molecular formula is C8H10N4O4. The molecule has 1 aromatic rings. The van der Waals surface area contributed by atoms with Gasteiger partial charge in [-0.3, -0.25) is 9.89 Å². The third kappa shape index (κ3) is 1.74. The smallest absolute Gasteiger partial charge is 0.326 e. The molecule has 8 heteroatoms. The lowest BCUT2D eigenvalue weighted by molar-refractivity contribution is -0.141. The molecule has 0 radical (unpaired) electrons. The Morgan fingerprint density at radius 1 is 1.56 bits per heavy atom. The van der Waals surface area contributed by atoms with Crippen molar-refractivity contribution >= 4 is 11.9 Å². The van der Waals surface area contributed by atoms with Crippen molar-refractivity contribution in [3.63, 3.8) is 0 Å². The number of H-pyrrole nitrogens is 1. The van der Waals surface area contributed by atoms with E-state index in [-0.39, 0.29) is 18.8 Å². The molecular weight excluding hydrogens is 216 g/mol. The van der Waals surface area contributed by atoms with Crippen LogP contribution in [0.1, 0.15) is 17.0 Å². The predicted octanol–water partition coefficient (Wildman–Crippen LogP) is -1.54. The minimum atomic E-state index is -1.13. The molecule has 0 saturated carbocycles.